The second-order valence-electron chi connectivity index (χ2n) is 12.2. The number of nitrogens with zero attached hydrogens (tertiary/aromatic N) is 1. The highest BCUT2D eigenvalue weighted by Gasteiger charge is 2.29. The van der Waals surface area contributed by atoms with Gasteiger partial charge in [-0.2, -0.15) is 0 Å². The van der Waals surface area contributed by atoms with E-state index in [1.165, 1.54) is 13.1 Å². The molecule has 248 valence electrons. The van der Waals surface area contributed by atoms with Crippen molar-refractivity contribution in [3.05, 3.63) is 102 Å². The smallest absolute Gasteiger partial charge is 0.251 e. The second-order valence-corrected chi connectivity index (χ2v) is 14.2. The molecular formula is C35H46N4O6S. The molecular weight excluding hydrogens is 604 g/mol. The van der Waals surface area contributed by atoms with Gasteiger partial charge in [0, 0.05) is 19.2 Å². The molecule has 0 bridgehead atoms. The lowest BCUT2D eigenvalue weighted by Crippen LogP contribution is -2.51. The van der Waals surface area contributed by atoms with Gasteiger partial charge in [0.2, 0.25) is 21.8 Å². The van der Waals surface area contributed by atoms with Gasteiger partial charge in [-0.05, 0) is 47.6 Å². The monoisotopic (exact) mass is 650 g/mol. The van der Waals surface area contributed by atoms with Crippen molar-refractivity contribution in [1.82, 2.24) is 16.0 Å². The van der Waals surface area contributed by atoms with Crippen molar-refractivity contribution in [2.75, 3.05) is 11.4 Å². The fourth-order valence-electron chi connectivity index (χ4n) is 4.95. The number of carbonyl (C=O) groups is 3. The van der Waals surface area contributed by atoms with Gasteiger partial charge >= 0.3 is 0 Å². The predicted molar refractivity (Wildman–Crippen MR) is 180 cm³/mol. The van der Waals surface area contributed by atoms with Crippen LogP contribution in [0.2, 0.25) is 0 Å². The third kappa shape index (κ3) is 11.0. The first kappa shape index (κ1) is 36.3. The third-order valence-corrected chi connectivity index (χ3v) is 9.30. The first-order chi connectivity index (χ1) is 21.8. The summed E-state index contributed by atoms with van der Waals surface area (Å²) in [4.78, 5) is 39.3. The number of amides is 3. The van der Waals surface area contributed by atoms with E-state index in [4.69, 9.17) is 0 Å². The van der Waals surface area contributed by atoms with Crippen molar-refractivity contribution in [2.45, 2.75) is 71.0 Å². The molecule has 3 atom stereocenters. The quantitative estimate of drug-likeness (QED) is 0.185. The zero-order valence-corrected chi connectivity index (χ0v) is 28.0. The average Bonchev–Trinajstić information content (AvgIpc) is 3.02. The van der Waals surface area contributed by atoms with E-state index in [0.717, 1.165) is 9.87 Å². The number of anilines is 1. The molecule has 3 rings (SSSR count). The second kappa shape index (κ2) is 16.9. The number of sulfonamides is 1. The Labute approximate surface area is 272 Å². The van der Waals surface area contributed by atoms with Gasteiger partial charge in [0.15, 0.2) is 0 Å². The van der Waals surface area contributed by atoms with Crippen LogP contribution in [0.25, 0.3) is 0 Å². The molecule has 3 aromatic carbocycles. The van der Waals surface area contributed by atoms with Gasteiger partial charge in [-0.3, -0.25) is 18.7 Å². The minimum Gasteiger partial charge on any atom is -0.390 e. The molecule has 11 heteroatoms. The zero-order valence-electron chi connectivity index (χ0n) is 27.1. The molecule has 0 spiro atoms. The van der Waals surface area contributed by atoms with E-state index in [1.807, 2.05) is 64.1 Å². The van der Waals surface area contributed by atoms with Crippen LogP contribution < -0.4 is 20.3 Å². The van der Waals surface area contributed by atoms with Crippen LogP contribution in [-0.2, 0) is 31.9 Å². The van der Waals surface area contributed by atoms with Gasteiger partial charge in [0.05, 0.1) is 30.0 Å². The number of aliphatic hydroxyl groups excluding tert-OH is 1. The summed E-state index contributed by atoms with van der Waals surface area (Å²) in [5.41, 5.74) is 2.09. The molecule has 0 aliphatic carbocycles. The van der Waals surface area contributed by atoms with Gasteiger partial charge < -0.3 is 21.1 Å². The largest absolute Gasteiger partial charge is 0.390 e. The standard InChI is InChI=1S/C35H46N4O6S/c1-24(2)19-30(31(40)21-32(41)38-33(25(3)4)35(43)36-22-26-13-8-6-9-14-26)37-34(42)28-17-12-18-29(20-28)39(5)46(44,45)23-27-15-10-7-11-16-27/h6-18,20,24-25,30-31,33,40H,19,21-23H2,1-5H3,(H,36,43)(H,37,42)(H,38,41)/t30-,31-,33-/m0/s1. The lowest BCUT2D eigenvalue weighted by molar-refractivity contribution is -0.131. The van der Waals surface area contributed by atoms with E-state index in [1.54, 1.807) is 42.5 Å². The molecule has 0 fully saturated rings. The molecule has 3 aromatic rings. The number of benzene rings is 3. The summed E-state index contributed by atoms with van der Waals surface area (Å²) >= 11 is 0. The van der Waals surface area contributed by atoms with Crippen molar-refractivity contribution < 1.29 is 27.9 Å². The topological polar surface area (TPSA) is 145 Å². The number of nitrogens with one attached hydrogen (secondary N) is 3. The fourth-order valence-corrected chi connectivity index (χ4v) is 6.19. The fraction of sp³-hybridized carbons (Fsp3) is 0.400. The maximum Gasteiger partial charge on any atom is 0.251 e. The van der Waals surface area contributed by atoms with Crippen molar-refractivity contribution in [2.24, 2.45) is 11.8 Å². The molecule has 0 saturated carbocycles. The summed E-state index contributed by atoms with van der Waals surface area (Å²) in [5, 5.41) is 19.5. The zero-order chi connectivity index (χ0) is 33.9. The van der Waals surface area contributed by atoms with Crippen LogP contribution in [-0.4, -0.2) is 56.5 Å². The highest BCUT2D eigenvalue weighted by atomic mass is 32.2. The Morgan fingerprint density at radius 2 is 1.43 bits per heavy atom. The van der Waals surface area contributed by atoms with Gasteiger partial charge in [-0.25, -0.2) is 8.42 Å². The number of aliphatic hydroxyl groups is 1. The van der Waals surface area contributed by atoms with Gasteiger partial charge in [0.25, 0.3) is 5.91 Å². The molecule has 0 aromatic heterocycles. The summed E-state index contributed by atoms with van der Waals surface area (Å²) in [5.74, 6) is -1.68. The number of rotatable bonds is 16. The van der Waals surface area contributed by atoms with Crippen LogP contribution in [0.15, 0.2) is 84.9 Å². The molecule has 0 heterocycles. The summed E-state index contributed by atoms with van der Waals surface area (Å²) in [6.07, 6.45) is -1.17. The highest BCUT2D eigenvalue weighted by Crippen LogP contribution is 2.21. The molecule has 3 amide bonds. The van der Waals surface area contributed by atoms with E-state index in [0.29, 0.717) is 24.2 Å². The Balaban J connectivity index is 1.65. The molecule has 0 radical (unpaired) electrons. The maximum atomic E-state index is 13.3. The highest BCUT2D eigenvalue weighted by molar-refractivity contribution is 7.92. The van der Waals surface area contributed by atoms with Gasteiger partial charge in [-0.15, -0.1) is 0 Å². The molecule has 0 aliphatic heterocycles. The molecule has 4 N–H and O–H groups in total. The van der Waals surface area contributed by atoms with Gasteiger partial charge in [0.1, 0.15) is 6.04 Å². The van der Waals surface area contributed by atoms with Crippen molar-refractivity contribution in [3.63, 3.8) is 0 Å². The minimum absolute atomic E-state index is 0.0794. The normalized spacial score (nSPS) is 13.5. The van der Waals surface area contributed by atoms with Crippen LogP contribution in [0, 0.1) is 11.8 Å². The summed E-state index contributed by atoms with van der Waals surface area (Å²) in [6.45, 7) is 7.84. The minimum atomic E-state index is -3.73. The van der Waals surface area contributed by atoms with E-state index in [2.05, 4.69) is 16.0 Å². The third-order valence-electron chi connectivity index (χ3n) is 7.56. The molecule has 46 heavy (non-hydrogen) atoms. The molecule has 10 nitrogen and oxygen atoms in total. The molecule has 0 unspecified atom stereocenters. The lowest BCUT2D eigenvalue weighted by Gasteiger charge is -2.27. The Hall–Kier alpha value is -4.22. The van der Waals surface area contributed by atoms with Crippen LogP contribution in [0.1, 0.15) is 62.0 Å². The van der Waals surface area contributed by atoms with Crippen LogP contribution in [0.4, 0.5) is 5.69 Å². The maximum absolute atomic E-state index is 13.3. The van der Waals surface area contributed by atoms with Gasteiger partial charge in [-0.1, -0.05) is 94.4 Å². The predicted octanol–water partition coefficient (Wildman–Crippen LogP) is 4.01. The Morgan fingerprint density at radius 1 is 0.826 bits per heavy atom. The number of hydrogen-bond donors (Lipinski definition) is 4. The Bertz CT molecular complexity index is 1550. The SMILES string of the molecule is CC(C)C[C@H](NC(=O)c1cccc(N(C)S(=O)(=O)Cc2ccccc2)c1)[C@@H](O)CC(=O)N[C@H](C(=O)NCc1ccccc1)C(C)C. The molecule has 0 saturated heterocycles. The van der Waals surface area contributed by atoms with Crippen molar-refractivity contribution in [1.29, 1.82) is 0 Å². The van der Waals surface area contributed by atoms with E-state index in [-0.39, 0.29) is 35.5 Å². The van der Waals surface area contributed by atoms with E-state index >= 15 is 0 Å². The van der Waals surface area contributed by atoms with Crippen molar-refractivity contribution >= 4 is 33.4 Å². The summed E-state index contributed by atoms with van der Waals surface area (Å²) in [6, 6.07) is 22.9. The van der Waals surface area contributed by atoms with Crippen LogP contribution in [0.5, 0.6) is 0 Å². The number of carbonyl (C=O) groups excluding carboxylic acids is 3. The lowest BCUT2D eigenvalue weighted by atomic mass is 9.96. The van der Waals surface area contributed by atoms with Crippen LogP contribution >= 0.6 is 0 Å². The molecule has 0 aliphatic rings. The first-order valence-corrected chi connectivity index (χ1v) is 17.1. The average molecular weight is 651 g/mol. The Kier molecular flexibility index (Phi) is 13.3. The van der Waals surface area contributed by atoms with E-state index < -0.39 is 40.0 Å². The number of hydrogen-bond acceptors (Lipinski definition) is 6. The van der Waals surface area contributed by atoms with Crippen LogP contribution in [0.3, 0.4) is 0 Å². The Morgan fingerprint density at radius 3 is 2.02 bits per heavy atom. The summed E-state index contributed by atoms with van der Waals surface area (Å²) in [7, 11) is -2.29. The first-order valence-electron chi connectivity index (χ1n) is 15.5. The van der Waals surface area contributed by atoms with E-state index in [9.17, 15) is 27.9 Å². The van der Waals surface area contributed by atoms with Crippen molar-refractivity contribution in [3.8, 4) is 0 Å². The summed E-state index contributed by atoms with van der Waals surface area (Å²) < 4.78 is 27.3.